The van der Waals surface area contributed by atoms with Crippen molar-refractivity contribution in [3.8, 4) is 11.5 Å². The molecule has 7 nitrogen and oxygen atoms in total. The number of rotatable bonds is 5. The van der Waals surface area contributed by atoms with Gasteiger partial charge in [0.05, 0.1) is 25.5 Å². The second-order valence-electron chi connectivity index (χ2n) is 7.05. The van der Waals surface area contributed by atoms with Crippen molar-refractivity contribution in [1.82, 2.24) is 9.97 Å². The van der Waals surface area contributed by atoms with Crippen molar-refractivity contribution in [2.45, 2.75) is 18.8 Å². The minimum absolute atomic E-state index is 0.0144. The van der Waals surface area contributed by atoms with Crippen LogP contribution in [-0.4, -0.2) is 35.9 Å². The van der Waals surface area contributed by atoms with Crippen molar-refractivity contribution < 1.29 is 19.1 Å². The monoisotopic (exact) mass is 403 g/mol. The van der Waals surface area contributed by atoms with Crippen LogP contribution in [0.1, 0.15) is 44.3 Å². The standard InChI is InChI=1S/C23H21N3O4/c1-29-17-8-16(9-18(12-17)30-2)22(28)26-23-24-13-19-20(25-23)10-15(11-21(19)27)14-6-4-3-5-7-14/h3-9,12-13,15H,10-11H2,1-2H3,(H,24,25,26,28)/t15-/m0/s1. The molecule has 0 fully saturated rings. The number of carbonyl (C=O) groups is 2. The van der Waals surface area contributed by atoms with Gasteiger partial charge in [-0.2, -0.15) is 0 Å². The first kappa shape index (κ1) is 19.6. The third-order valence-corrected chi connectivity index (χ3v) is 5.15. The first-order chi connectivity index (χ1) is 14.6. The van der Waals surface area contributed by atoms with Crippen LogP contribution in [0, 0.1) is 0 Å². The van der Waals surface area contributed by atoms with Gasteiger partial charge in [-0.05, 0) is 30.0 Å². The van der Waals surface area contributed by atoms with Crippen molar-refractivity contribution >= 4 is 17.6 Å². The lowest BCUT2D eigenvalue weighted by Gasteiger charge is -2.23. The highest BCUT2D eigenvalue weighted by Gasteiger charge is 2.28. The van der Waals surface area contributed by atoms with Gasteiger partial charge in [-0.25, -0.2) is 9.97 Å². The molecule has 1 N–H and O–H groups in total. The molecule has 0 unspecified atom stereocenters. The molecule has 4 rings (SSSR count). The van der Waals surface area contributed by atoms with Crippen molar-refractivity contribution in [1.29, 1.82) is 0 Å². The Labute approximate surface area is 174 Å². The molecule has 2 aromatic carbocycles. The zero-order chi connectivity index (χ0) is 21.1. The molecular formula is C23H21N3O4. The van der Waals surface area contributed by atoms with Crippen LogP contribution in [0.3, 0.4) is 0 Å². The molecule has 7 heteroatoms. The topological polar surface area (TPSA) is 90.4 Å². The third kappa shape index (κ3) is 4.00. The van der Waals surface area contributed by atoms with Crippen LogP contribution in [0.15, 0.2) is 54.7 Å². The molecule has 0 aliphatic heterocycles. The summed E-state index contributed by atoms with van der Waals surface area (Å²) in [7, 11) is 3.03. The fraction of sp³-hybridized carbons (Fsp3) is 0.217. The van der Waals surface area contributed by atoms with E-state index in [1.165, 1.54) is 20.4 Å². The second-order valence-corrected chi connectivity index (χ2v) is 7.05. The summed E-state index contributed by atoms with van der Waals surface area (Å²) in [6.07, 6.45) is 2.53. The maximum absolute atomic E-state index is 12.7. The van der Waals surface area contributed by atoms with Gasteiger partial charge in [0.1, 0.15) is 11.5 Å². The molecule has 1 aromatic heterocycles. The summed E-state index contributed by atoms with van der Waals surface area (Å²) in [6.45, 7) is 0. The first-order valence-corrected chi connectivity index (χ1v) is 9.56. The molecule has 0 radical (unpaired) electrons. The number of hydrogen-bond acceptors (Lipinski definition) is 6. The fourth-order valence-corrected chi connectivity index (χ4v) is 3.58. The summed E-state index contributed by atoms with van der Waals surface area (Å²) in [4.78, 5) is 33.9. The molecular weight excluding hydrogens is 382 g/mol. The highest BCUT2D eigenvalue weighted by Crippen LogP contribution is 2.32. The SMILES string of the molecule is COc1cc(OC)cc(C(=O)Nc2ncc3c(n2)C[C@H](c2ccccc2)CC3=O)c1. The minimum Gasteiger partial charge on any atom is -0.497 e. The summed E-state index contributed by atoms with van der Waals surface area (Å²) < 4.78 is 10.4. The number of carbonyl (C=O) groups excluding carboxylic acids is 2. The Morgan fingerprint density at radius 1 is 1.03 bits per heavy atom. The van der Waals surface area contributed by atoms with E-state index in [0.717, 1.165) is 5.56 Å². The minimum atomic E-state index is -0.395. The number of hydrogen-bond donors (Lipinski definition) is 1. The maximum Gasteiger partial charge on any atom is 0.258 e. The van der Waals surface area contributed by atoms with Gasteiger partial charge in [0.2, 0.25) is 5.95 Å². The maximum atomic E-state index is 12.7. The fourth-order valence-electron chi connectivity index (χ4n) is 3.58. The predicted molar refractivity (Wildman–Crippen MR) is 111 cm³/mol. The lowest BCUT2D eigenvalue weighted by molar-refractivity contribution is 0.0962. The van der Waals surface area contributed by atoms with Gasteiger partial charge in [-0.3, -0.25) is 14.9 Å². The molecule has 1 heterocycles. The molecule has 0 bridgehead atoms. The Morgan fingerprint density at radius 3 is 2.40 bits per heavy atom. The van der Waals surface area contributed by atoms with Crippen LogP contribution in [-0.2, 0) is 6.42 Å². The van der Waals surface area contributed by atoms with E-state index < -0.39 is 5.91 Å². The number of ketones is 1. The average molecular weight is 403 g/mol. The molecule has 1 aliphatic rings. The zero-order valence-electron chi connectivity index (χ0n) is 16.7. The van der Waals surface area contributed by atoms with Crippen molar-refractivity contribution in [3.05, 3.63) is 77.1 Å². The lowest BCUT2D eigenvalue weighted by Crippen LogP contribution is -2.22. The summed E-state index contributed by atoms with van der Waals surface area (Å²) in [6, 6.07) is 14.8. The number of anilines is 1. The molecule has 1 atom stereocenters. The lowest BCUT2D eigenvalue weighted by atomic mass is 9.82. The molecule has 152 valence electrons. The van der Waals surface area contributed by atoms with E-state index in [-0.39, 0.29) is 17.6 Å². The Bertz CT molecular complexity index is 1080. The van der Waals surface area contributed by atoms with Crippen LogP contribution in [0.25, 0.3) is 0 Å². The highest BCUT2D eigenvalue weighted by atomic mass is 16.5. The van der Waals surface area contributed by atoms with E-state index in [4.69, 9.17) is 9.47 Å². The summed E-state index contributed by atoms with van der Waals surface area (Å²) >= 11 is 0. The summed E-state index contributed by atoms with van der Waals surface area (Å²) in [5.74, 6) is 0.841. The molecule has 0 spiro atoms. The van der Waals surface area contributed by atoms with Crippen molar-refractivity contribution in [2.75, 3.05) is 19.5 Å². The number of benzene rings is 2. The third-order valence-electron chi connectivity index (χ3n) is 5.15. The number of nitrogens with zero attached hydrogens (tertiary/aromatic N) is 2. The molecule has 1 aliphatic carbocycles. The first-order valence-electron chi connectivity index (χ1n) is 9.56. The largest absolute Gasteiger partial charge is 0.497 e. The van der Waals surface area contributed by atoms with E-state index in [0.29, 0.717) is 41.2 Å². The van der Waals surface area contributed by atoms with E-state index in [2.05, 4.69) is 15.3 Å². The average Bonchev–Trinajstić information content (AvgIpc) is 2.79. The molecule has 1 amide bonds. The van der Waals surface area contributed by atoms with Crippen LogP contribution in [0.4, 0.5) is 5.95 Å². The van der Waals surface area contributed by atoms with Gasteiger partial charge >= 0.3 is 0 Å². The predicted octanol–water partition coefficient (Wildman–Crippen LogP) is 3.66. The molecule has 3 aromatic rings. The van der Waals surface area contributed by atoms with Gasteiger partial charge in [0.25, 0.3) is 5.91 Å². The van der Waals surface area contributed by atoms with E-state index >= 15 is 0 Å². The Morgan fingerprint density at radius 2 is 1.73 bits per heavy atom. The van der Waals surface area contributed by atoms with Crippen LogP contribution < -0.4 is 14.8 Å². The van der Waals surface area contributed by atoms with Gasteiger partial charge in [-0.1, -0.05) is 30.3 Å². The molecule has 0 saturated heterocycles. The van der Waals surface area contributed by atoms with Crippen LogP contribution in [0.5, 0.6) is 11.5 Å². The van der Waals surface area contributed by atoms with Crippen molar-refractivity contribution in [3.63, 3.8) is 0 Å². The number of ether oxygens (including phenoxy) is 2. The van der Waals surface area contributed by atoms with E-state index in [1.807, 2.05) is 30.3 Å². The van der Waals surface area contributed by atoms with E-state index in [9.17, 15) is 9.59 Å². The van der Waals surface area contributed by atoms with Gasteiger partial charge in [0, 0.05) is 24.2 Å². The van der Waals surface area contributed by atoms with E-state index in [1.54, 1.807) is 18.2 Å². The molecule has 0 saturated carbocycles. The normalized spacial score (nSPS) is 15.3. The van der Waals surface area contributed by atoms with Gasteiger partial charge in [-0.15, -0.1) is 0 Å². The number of fused-ring (bicyclic) bond motifs is 1. The quantitative estimate of drug-likeness (QED) is 0.699. The Hall–Kier alpha value is -3.74. The Balaban J connectivity index is 1.57. The number of Topliss-reactive ketones (excluding diaryl/α,β-unsaturated/α-hetero) is 1. The van der Waals surface area contributed by atoms with Gasteiger partial charge in [0.15, 0.2) is 5.78 Å². The molecule has 30 heavy (non-hydrogen) atoms. The van der Waals surface area contributed by atoms with Crippen LogP contribution >= 0.6 is 0 Å². The highest BCUT2D eigenvalue weighted by molar-refractivity contribution is 6.04. The Kier molecular flexibility index (Phi) is 5.43. The second kappa shape index (κ2) is 8.32. The van der Waals surface area contributed by atoms with Crippen LogP contribution in [0.2, 0.25) is 0 Å². The number of aromatic nitrogens is 2. The zero-order valence-corrected chi connectivity index (χ0v) is 16.7. The number of methoxy groups -OCH3 is 2. The summed E-state index contributed by atoms with van der Waals surface area (Å²) in [5.41, 5.74) is 2.62. The number of amides is 1. The smallest absolute Gasteiger partial charge is 0.258 e. The number of nitrogens with one attached hydrogen (secondary N) is 1. The van der Waals surface area contributed by atoms with Crippen molar-refractivity contribution in [2.24, 2.45) is 0 Å². The van der Waals surface area contributed by atoms with Gasteiger partial charge < -0.3 is 9.47 Å². The summed E-state index contributed by atoms with van der Waals surface area (Å²) in [5, 5.41) is 2.70.